The second kappa shape index (κ2) is 7.61. The zero-order valence-electron chi connectivity index (χ0n) is 13.0. The maximum atomic E-state index is 12.0. The molecule has 1 aliphatic heterocycles. The lowest BCUT2D eigenvalue weighted by atomic mass is 9.84. The maximum Gasteiger partial charge on any atom is 0.317 e. The Morgan fingerprint density at radius 1 is 1.43 bits per heavy atom. The number of nitrogens with one attached hydrogen (secondary N) is 1. The molecule has 0 aromatic rings. The van der Waals surface area contributed by atoms with Crippen molar-refractivity contribution in [1.29, 1.82) is 0 Å². The highest BCUT2D eigenvalue weighted by atomic mass is 16.5. The van der Waals surface area contributed by atoms with Gasteiger partial charge in [-0.05, 0) is 11.8 Å². The van der Waals surface area contributed by atoms with Gasteiger partial charge in [-0.2, -0.15) is 0 Å². The van der Waals surface area contributed by atoms with E-state index in [4.69, 9.17) is 9.84 Å². The molecule has 122 valence electrons. The van der Waals surface area contributed by atoms with Gasteiger partial charge in [-0.15, -0.1) is 0 Å². The average Bonchev–Trinajstić information content (AvgIpc) is 2.41. The summed E-state index contributed by atoms with van der Waals surface area (Å²) in [5, 5.41) is 20.9. The third-order valence-electron chi connectivity index (χ3n) is 3.34. The largest absolute Gasteiger partial charge is 0.481 e. The fourth-order valence-corrected chi connectivity index (χ4v) is 2.32. The quantitative estimate of drug-likeness (QED) is 0.688. The van der Waals surface area contributed by atoms with Crippen LogP contribution in [0.15, 0.2) is 0 Å². The summed E-state index contributed by atoms with van der Waals surface area (Å²) in [5.41, 5.74) is -0.116. The van der Waals surface area contributed by atoms with Crippen LogP contribution in [0.4, 0.5) is 4.79 Å². The van der Waals surface area contributed by atoms with Crippen LogP contribution in [0, 0.1) is 11.3 Å². The van der Waals surface area contributed by atoms with E-state index in [1.54, 1.807) is 4.90 Å². The number of carbonyl (C=O) groups is 2. The molecule has 0 radical (unpaired) electrons. The third-order valence-corrected chi connectivity index (χ3v) is 3.34. The number of amides is 2. The summed E-state index contributed by atoms with van der Waals surface area (Å²) < 4.78 is 5.27. The highest BCUT2D eigenvalue weighted by Gasteiger charge is 2.27. The summed E-state index contributed by atoms with van der Waals surface area (Å²) in [7, 11) is 0. The normalized spacial score (nSPS) is 21.0. The molecule has 1 aliphatic rings. The standard InChI is InChI=1S/C14H26N2O5/c1-14(2,3)6-10(12(18)19)7-15-13(20)16-4-5-21-11(8-16)9-17/h10-11,17H,4-9H2,1-3H3,(H,15,20)(H,18,19). The lowest BCUT2D eigenvalue weighted by molar-refractivity contribution is -0.142. The topological polar surface area (TPSA) is 99.1 Å². The third kappa shape index (κ3) is 6.31. The van der Waals surface area contributed by atoms with Gasteiger partial charge in [0.25, 0.3) is 0 Å². The van der Waals surface area contributed by atoms with Gasteiger partial charge in [-0.25, -0.2) is 4.79 Å². The summed E-state index contributed by atoms with van der Waals surface area (Å²) in [6.07, 6.45) is 0.125. The number of hydrogen-bond donors (Lipinski definition) is 3. The molecule has 1 heterocycles. The van der Waals surface area contributed by atoms with Crippen LogP contribution in [-0.4, -0.2) is 66.1 Å². The molecule has 1 rings (SSSR count). The SMILES string of the molecule is CC(C)(C)CC(CNC(=O)N1CCOC(CO)C1)C(=O)O. The van der Waals surface area contributed by atoms with Crippen LogP contribution in [0.3, 0.4) is 0 Å². The lowest BCUT2D eigenvalue weighted by Gasteiger charge is -2.32. The lowest BCUT2D eigenvalue weighted by Crippen LogP contribution is -2.51. The molecule has 3 N–H and O–H groups in total. The number of carbonyl (C=O) groups excluding carboxylic acids is 1. The molecule has 21 heavy (non-hydrogen) atoms. The van der Waals surface area contributed by atoms with Gasteiger partial charge < -0.3 is 25.2 Å². The molecule has 0 aromatic heterocycles. The molecule has 1 saturated heterocycles. The Hall–Kier alpha value is -1.34. The highest BCUT2D eigenvalue weighted by Crippen LogP contribution is 2.24. The van der Waals surface area contributed by atoms with Gasteiger partial charge in [0.2, 0.25) is 0 Å². The van der Waals surface area contributed by atoms with Crippen molar-refractivity contribution >= 4 is 12.0 Å². The van der Waals surface area contributed by atoms with E-state index in [0.29, 0.717) is 26.1 Å². The van der Waals surface area contributed by atoms with Crippen LogP contribution in [-0.2, 0) is 9.53 Å². The van der Waals surface area contributed by atoms with Gasteiger partial charge in [0, 0.05) is 13.1 Å². The van der Waals surface area contributed by atoms with Crippen molar-refractivity contribution in [2.24, 2.45) is 11.3 Å². The Balaban J connectivity index is 2.47. The summed E-state index contributed by atoms with van der Waals surface area (Å²) in [6.45, 7) is 7.02. The number of morpholine rings is 1. The second-order valence-electron chi connectivity index (χ2n) is 6.61. The average molecular weight is 302 g/mol. The number of urea groups is 1. The van der Waals surface area contributed by atoms with Crippen LogP contribution in [0.2, 0.25) is 0 Å². The molecule has 0 aliphatic carbocycles. The highest BCUT2D eigenvalue weighted by molar-refractivity contribution is 5.76. The number of aliphatic hydroxyl groups is 1. The second-order valence-corrected chi connectivity index (χ2v) is 6.61. The van der Waals surface area contributed by atoms with Gasteiger partial charge in [-0.3, -0.25) is 4.79 Å². The molecule has 2 unspecified atom stereocenters. The van der Waals surface area contributed by atoms with E-state index in [1.807, 2.05) is 20.8 Å². The monoisotopic (exact) mass is 302 g/mol. The molecule has 2 amide bonds. The van der Waals surface area contributed by atoms with E-state index in [9.17, 15) is 14.7 Å². The first-order valence-corrected chi connectivity index (χ1v) is 7.21. The Bertz CT molecular complexity index is 367. The predicted octanol–water partition coefficient (Wildman–Crippen LogP) is 0.526. The van der Waals surface area contributed by atoms with Crippen molar-refractivity contribution in [3.63, 3.8) is 0 Å². The molecule has 0 bridgehead atoms. The molecule has 7 nitrogen and oxygen atoms in total. The van der Waals surface area contributed by atoms with Crippen molar-refractivity contribution in [2.45, 2.75) is 33.3 Å². The summed E-state index contributed by atoms with van der Waals surface area (Å²) in [6, 6.07) is -0.308. The number of hydrogen-bond acceptors (Lipinski definition) is 4. The number of nitrogens with zero attached hydrogens (tertiary/aromatic N) is 1. The molecule has 1 fully saturated rings. The van der Waals surface area contributed by atoms with Gasteiger partial charge in [-0.1, -0.05) is 20.8 Å². The molecule has 7 heteroatoms. The predicted molar refractivity (Wildman–Crippen MR) is 77.0 cm³/mol. The first-order chi connectivity index (χ1) is 9.73. The van der Waals surface area contributed by atoms with Crippen molar-refractivity contribution < 1.29 is 24.5 Å². The molecule has 0 saturated carbocycles. The van der Waals surface area contributed by atoms with E-state index in [1.165, 1.54) is 0 Å². The Morgan fingerprint density at radius 2 is 2.10 bits per heavy atom. The Morgan fingerprint density at radius 3 is 2.62 bits per heavy atom. The molecular weight excluding hydrogens is 276 g/mol. The fraction of sp³-hybridized carbons (Fsp3) is 0.857. The van der Waals surface area contributed by atoms with Gasteiger partial charge in [0.05, 0.1) is 31.8 Å². The number of ether oxygens (including phenoxy) is 1. The van der Waals surface area contributed by atoms with E-state index in [-0.39, 0.29) is 30.7 Å². The molecule has 2 atom stereocenters. The van der Waals surface area contributed by atoms with E-state index < -0.39 is 11.9 Å². The van der Waals surface area contributed by atoms with E-state index in [0.717, 1.165) is 0 Å². The summed E-state index contributed by atoms with van der Waals surface area (Å²) in [4.78, 5) is 24.8. The number of rotatable bonds is 5. The number of aliphatic carboxylic acids is 1. The first-order valence-electron chi connectivity index (χ1n) is 7.21. The van der Waals surface area contributed by atoms with Crippen LogP contribution in [0.5, 0.6) is 0 Å². The number of carboxylic acid groups (broad SMARTS) is 1. The minimum atomic E-state index is -0.902. The van der Waals surface area contributed by atoms with Crippen molar-refractivity contribution in [3.8, 4) is 0 Å². The maximum absolute atomic E-state index is 12.0. The molecule has 0 aromatic carbocycles. The van der Waals surface area contributed by atoms with Crippen LogP contribution in [0.1, 0.15) is 27.2 Å². The number of carboxylic acids is 1. The first kappa shape index (κ1) is 17.7. The summed E-state index contributed by atoms with van der Waals surface area (Å²) in [5.74, 6) is -1.51. The molecular formula is C14H26N2O5. The van der Waals surface area contributed by atoms with E-state index in [2.05, 4.69) is 5.32 Å². The minimum Gasteiger partial charge on any atom is -0.481 e. The van der Waals surface area contributed by atoms with Gasteiger partial charge in [0.15, 0.2) is 0 Å². The Kier molecular flexibility index (Phi) is 6.42. The zero-order chi connectivity index (χ0) is 16.0. The summed E-state index contributed by atoms with van der Waals surface area (Å²) >= 11 is 0. The minimum absolute atomic E-state index is 0.104. The van der Waals surface area contributed by atoms with Crippen LogP contribution < -0.4 is 5.32 Å². The Labute approximate surface area is 125 Å². The van der Waals surface area contributed by atoms with Gasteiger partial charge in [0.1, 0.15) is 0 Å². The molecule has 0 spiro atoms. The van der Waals surface area contributed by atoms with Crippen LogP contribution in [0.25, 0.3) is 0 Å². The van der Waals surface area contributed by atoms with Crippen molar-refractivity contribution in [1.82, 2.24) is 10.2 Å². The smallest absolute Gasteiger partial charge is 0.317 e. The van der Waals surface area contributed by atoms with Crippen molar-refractivity contribution in [2.75, 3.05) is 32.8 Å². The van der Waals surface area contributed by atoms with Crippen LogP contribution >= 0.6 is 0 Å². The van der Waals surface area contributed by atoms with Gasteiger partial charge >= 0.3 is 12.0 Å². The zero-order valence-corrected chi connectivity index (χ0v) is 13.0. The number of aliphatic hydroxyl groups excluding tert-OH is 1. The van der Waals surface area contributed by atoms with Crippen molar-refractivity contribution in [3.05, 3.63) is 0 Å². The fourth-order valence-electron chi connectivity index (χ4n) is 2.32. The van der Waals surface area contributed by atoms with E-state index >= 15 is 0 Å².